The molecule has 1 heterocycles. The second-order valence-corrected chi connectivity index (χ2v) is 5.56. The van der Waals surface area contributed by atoms with Crippen LogP contribution in [-0.4, -0.2) is 39.0 Å². The Kier molecular flexibility index (Phi) is 5.02. The minimum absolute atomic E-state index is 0.167. The lowest BCUT2D eigenvalue weighted by atomic mass is 10.0. The highest BCUT2D eigenvalue weighted by molar-refractivity contribution is 7.13. The van der Waals surface area contributed by atoms with Crippen LogP contribution in [0.15, 0.2) is 5.38 Å². The largest absolute Gasteiger partial charge is 0.480 e. The fourth-order valence-corrected chi connectivity index (χ4v) is 2.37. The monoisotopic (exact) mass is 285 g/mol. The first-order chi connectivity index (χ1) is 8.77. The highest BCUT2D eigenvalue weighted by atomic mass is 32.1. The number of rotatable bonds is 6. The maximum atomic E-state index is 11.2. The van der Waals surface area contributed by atoms with Crippen LogP contribution in [0.4, 0.5) is 5.13 Å². The van der Waals surface area contributed by atoms with E-state index in [-0.39, 0.29) is 5.91 Å². The van der Waals surface area contributed by atoms with Crippen LogP contribution >= 0.6 is 11.3 Å². The van der Waals surface area contributed by atoms with E-state index >= 15 is 0 Å². The summed E-state index contributed by atoms with van der Waals surface area (Å²) in [5, 5.41) is 14.2. The van der Waals surface area contributed by atoms with Crippen molar-refractivity contribution in [1.29, 1.82) is 0 Å². The zero-order chi connectivity index (χ0) is 14.6. The Morgan fingerprint density at radius 2 is 2.16 bits per heavy atom. The Balaban J connectivity index is 2.79. The highest BCUT2D eigenvalue weighted by Crippen LogP contribution is 2.21. The third-order valence-electron chi connectivity index (χ3n) is 2.88. The van der Waals surface area contributed by atoms with Gasteiger partial charge in [-0.15, -0.1) is 11.3 Å². The zero-order valence-electron chi connectivity index (χ0n) is 11.6. The summed E-state index contributed by atoms with van der Waals surface area (Å²) in [5.74, 6) is -1.04. The summed E-state index contributed by atoms with van der Waals surface area (Å²) in [4.78, 5) is 28.2. The van der Waals surface area contributed by atoms with Gasteiger partial charge in [-0.3, -0.25) is 14.5 Å². The summed E-state index contributed by atoms with van der Waals surface area (Å²) in [7, 11) is 0. The Morgan fingerprint density at radius 3 is 2.63 bits per heavy atom. The Labute approximate surface area is 116 Å². The molecule has 0 bridgehead atoms. The van der Waals surface area contributed by atoms with E-state index in [1.54, 1.807) is 13.8 Å². The van der Waals surface area contributed by atoms with E-state index in [9.17, 15) is 14.7 Å². The predicted octanol–water partition coefficient (Wildman–Crippen LogP) is 1.79. The van der Waals surface area contributed by atoms with Crippen molar-refractivity contribution in [2.75, 3.05) is 11.9 Å². The molecule has 0 aliphatic rings. The molecule has 1 aromatic heterocycles. The summed E-state index contributed by atoms with van der Waals surface area (Å²) < 4.78 is 0. The molecule has 6 nitrogen and oxygen atoms in total. The smallest absolute Gasteiger partial charge is 0.323 e. The van der Waals surface area contributed by atoms with Gasteiger partial charge in [0.2, 0.25) is 5.91 Å². The van der Waals surface area contributed by atoms with Crippen LogP contribution in [0.25, 0.3) is 0 Å². The van der Waals surface area contributed by atoms with Crippen molar-refractivity contribution in [3.63, 3.8) is 0 Å². The minimum atomic E-state index is -0.952. The molecule has 0 saturated heterocycles. The van der Waals surface area contributed by atoms with E-state index in [1.165, 1.54) is 18.3 Å². The van der Waals surface area contributed by atoms with Crippen LogP contribution in [0.2, 0.25) is 0 Å². The van der Waals surface area contributed by atoms with E-state index in [1.807, 2.05) is 17.2 Å². The number of aliphatic carboxylic acids is 1. The van der Waals surface area contributed by atoms with Crippen LogP contribution < -0.4 is 5.32 Å². The third kappa shape index (κ3) is 4.00. The van der Waals surface area contributed by atoms with Crippen LogP contribution in [0, 0.1) is 0 Å². The maximum Gasteiger partial charge on any atom is 0.323 e. The van der Waals surface area contributed by atoms with E-state index in [0.29, 0.717) is 18.2 Å². The third-order valence-corrected chi connectivity index (χ3v) is 3.69. The number of thiazole rings is 1. The molecule has 0 radical (unpaired) electrons. The van der Waals surface area contributed by atoms with E-state index < -0.39 is 11.5 Å². The van der Waals surface area contributed by atoms with Crippen LogP contribution in [0.5, 0.6) is 0 Å². The zero-order valence-corrected chi connectivity index (χ0v) is 12.4. The fourth-order valence-electron chi connectivity index (χ4n) is 1.62. The molecular weight excluding hydrogens is 266 g/mol. The van der Waals surface area contributed by atoms with Crippen molar-refractivity contribution >= 4 is 28.3 Å². The van der Waals surface area contributed by atoms with Gasteiger partial charge in [-0.25, -0.2) is 4.98 Å². The van der Waals surface area contributed by atoms with Gasteiger partial charge in [0, 0.05) is 18.8 Å². The van der Waals surface area contributed by atoms with Crippen molar-refractivity contribution in [1.82, 2.24) is 9.88 Å². The topological polar surface area (TPSA) is 82.5 Å². The average Bonchev–Trinajstić information content (AvgIpc) is 2.71. The van der Waals surface area contributed by atoms with Gasteiger partial charge in [0.15, 0.2) is 5.13 Å². The van der Waals surface area contributed by atoms with Gasteiger partial charge in [0.1, 0.15) is 5.54 Å². The molecule has 1 rings (SSSR count). The number of hydrogen-bond donors (Lipinski definition) is 2. The van der Waals surface area contributed by atoms with Gasteiger partial charge in [0.25, 0.3) is 0 Å². The van der Waals surface area contributed by atoms with Crippen molar-refractivity contribution in [2.24, 2.45) is 0 Å². The van der Waals surface area contributed by atoms with Gasteiger partial charge in [0.05, 0.1) is 5.69 Å². The molecule has 0 aromatic carbocycles. The van der Waals surface area contributed by atoms with Gasteiger partial charge in [-0.05, 0) is 20.4 Å². The molecule has 0 aliphatic heterocycles. The molecule has 1 amide bonds. The first-order valence-corrected chi connectivity index (χ1v) is 6.85. The van der Waals surface area contributed by atoms with E-state index in [0.717, 1.165) is 5.69 Å². The molecule has 0 fully saturated rings. The first-order valence-electron chi connectivity index (χ1n) is 5.97. The molecule has 0 aliphatic carbocycles. The Morgan fingerprint density at radius 1 is 1.53 bits per heavy atom. The standard InChI is InChI=1S/C12H19N3O3S/c1-5-15(12(3,4)10(17)18)6-9-7-19-11(14-9)13-8(2)16/h7H,5-6H2,1-4H3,(H,17,18)(H,13,14,16). The Hall–Kier alpha value is -1.47. The van der Waals surface area contributed by atoms with Gasteiger partial charge in [-0.2, -0.15) is 0 Å². The second kappa shape index (κ2) is 6.12. The summed E-state index contributed by atoms with van der Waals surface area (Å²) in [6.07, 6.45) is 0. The predicted molar refractivity (Wildman–Crippen MR) is 74.2 cm³/mol. The van der Waals surface area contributed by atoms with Crippen molar-refractivity contribution in [3.8, 4) is 0 Å². The molecule has 0 unspecified atom stereocenters. The average molecular weight is 285 g/mol. The normalized spacial score (nSPS) is 11.6. The number of nitrogens with one attached hydrogen (secondary N) is 1. The molecule has 106 valence electrons. The molecule has 2 N–H and O–H groups in total. The number of anilines is 1. The number of amides is 1. The van der Waals surface area contributed by atoms with Crippen LogP contribution in [0.3, 0.4) is 0 Å². The lowest BCUT2D eigenvalue weighted by Crippen LogP contribution is -2.49. The molecule has 1 aromatic rings. The van der Waals surface area contributed by atoms with E-state index in [4.69, 9.17) is 0 Å². The van der Waals surface area contributed by atoms with E-state index in [2.05, 4.69) is 10.3 Å². The van der Waals surface area contributed by atoms with Gasteiger partial charge >= 0.3 is 5.97 Å². The first kappa shape index (κ1) is 15.6. The summed E-state index contributed by atoms with van der Waals surface area (Å²) in [5.41, 5.74) is -0.197. The number of carboxylic acid groups (broad SMARTS) is 1. The number of carbonyl (C=O) groups excluding carboxylic acids is 1. The Bertz CT molecular complexity index is 471. The fraction of sp³-hybridized carbons (Fsp3) is 0.583. The SMILES string of the molecule is CCN(Cc1csc(NC(C)=O)n1)C(C)(C)C(=O)O. The number of carbonyl (C=O) groups is 2. The lowest BCUT2D eigenvalue weighted by Gasteiger charge is -2.33. The molecule has 0 spiro atoms. The minimum Gasteiger partial charge on any atom is -0.480 e. The summed E-state index contributed by atoms with van der Waals surface area (Å²) in [6, 6.07) is 0. The van der Waals surface area contributed by atoms with Gasteiger partial charge in [-0.1, -0.05) is 6.92 Å². The molecule has 7 heteroatoms. The van der Waals surface area contributed by atoms with Crippen molar-refractivity contribution in [2.45, 2.75) is 39.8 Å². The number of nitrogens with zero attached hydrogens (tertiary/aromatic N) is 2. The number of hydrogen-bond acceptors (Lipinski definition) is 5. The van der Waals surface area contributed by atoms with Crippen molar-refractivity contribution < 1.29 is 14.7 Å². The van der Waals surface area contributed by atoms with Gasteiger partial charge < -0.3 is 10.4 Å². The number of carboxylic acids is 1. The number of likely N-dealkylation sites (N-methyl/N-ethyl adjacent to an activating group) is 1. The van der Waals surface area contributed by atoms with Crippen molar-refractivity contribution in [3.05, 3.63) is 11.1 Å². The molecule has 0 saturated carbocycles. The molecule has 19 heavy (non-hydrogen) atoms. The molecule has 0 atom stereocenters. The van der Waals surface area contributed by atoms with Crippen LogP contribution in [0.1, 0.15) is 33.4 Å². The lowest BCUT2D eigenvalue weighted by molar-refractivity contribution is -0.149. The maximum absolute atomic E-state index is 11.2. The molecular formula is C12H19N3O3S. The quantitative estimate of drug-likeness (QED) is 0.832. The summed E-state index contributed by atoms with van der Waals surface area (Å²) in [6.45, 7) is 7.71. The second-order valence-electron chi connectivity index (χ2n) is 4.70. The number of aromatic nitrogens is 1. The summed E-state index contributed by atoms with van der Waals surface area (Å²) >= 11 is 1.33. The highest BCUT2D eigenvalue weighted by Gasteiger charge is 2.33. The van der Waals surface area contributed by atoms with Crippen LogP contribution in [-0.2, 0) is 16.1 Å².